The molecule has 1 fully saturated rings. The van der Waals surface area contributed by atoms with E-state index in [9.17, 15) is 4.79 Å². The van der Waals surface area contributed by atoms with Gasteiger partial charge in [0.05, 0.1) is 0 Å². The Morgan fingerprint density at radius 1 is 1.29 bits per heavy atom. The third-order valence-corrected chi connectivity index (χ3v) is 2.74. The Morgan fingerprint density at radius 3 is 2.21 bits per heavy atom. The van der Waals surface area contributed by atoms with Gasteiger partial charge in [-0.3, -0.25) is 4.79 Å². The summed E-state index contributed by atoms with van der Waals surface area (Å²) in [5, 5.41) is 6.34. The molecule has 0 unspecified atom stereocenters. The monoisotopic (exact) mass is 198 g/mol. The summed E-state index contributed by atoms with van der Waals surface area (Å²) in [6.07, 6.45) is 1.88. The van der Waals surface area contributed by atoms with Crippen LogP contribution in [-0.4, -0.2) is 24.5 Å². The summed E-state index contributed by atoms with van der Waals surface area (Å²) in [6, 6.07) is 0. The van der Waals surface area contributed by atoms with E-state index in [2.05, 4.69) is 17.6 Å². The maximum atomic E-state index is 12.0. The maximum absolute atomic E-state index is 12.0. The molecule has 1 rings (SSSR count). The van der Waals surface area contributed by atoms with Gasteiger partial charge in [-0.2, -0.15) is 0 Å². The molecule has 1 saturated heterocycles. The van der Waals surface area contributed by atoms with Crippen LogP contribution in [0.1, 0.15) is 40.5 Å². The van der Waals surface area contributed by atoms with Crippen LogP contribution in [0.5, 0.6) is 0 Å². The maximum Gasteiger partial charge on any atom is 0.226 e. The van der Waals surface area contributed by atoms with Gasteiger partial charge in [-0.05, 0) is 46.7 Å². The van der Waals surface area contributed by atoms with Crippen LogP contribution < -0.4 is 10.6 Å². The second kappa shape index (κ2) is 3.89. The van der Waals surface area contributed by atoms with Crippen molar-refractivity contribution in [2.45, 2.75) is 46.1 Å². The second-order valence-corrected chi connectivity index (χ2v) is 5.51. The predicted octanol–water partition coefficient (Wildman–Crippen LogP) is 1.29. The predicted molar refractivity (Wildman–Crippen MR) is 58.1 cm³/mol. The molecule has 0 bridgehead atoms. The van der Waals surface area contributed by atoms with Crippen LogP contribution in [0.15, 0.2) is 0 Å². The van der Waals surface area contributed by atoms with Gasteiger partial charge < -0.3 is 10.6 Å². The minimum atomic E-state index is -0.168. The van der Waals surface area contributed by atoms with Gasteiger partial charge in [0.2, 0.25) is 5.91 Å². The van der Waals surface area contributed by atoms with Crippen molar-refractivity contribution in [1.82, 2.24) is 10.6 Å². The molecule has 3 nitrogen and oxygen atoms in total. The van der Waals surface area contributed by atoms with E-state index in [-0.39, 0.29) is 16.9 Å². The summed E-state index contributed by atoms with van der Waals surface area (Å²) >= 11 is 0. The van der Waals surface area contributed by atoms with Gasteiger partial charge in [-0.1, -0.05) is 6.92 Å². The van der Waals surface area contributed by atoms with Crippen molar-refractivity contribution in [3.63, 3.8) is 0 Å². The molecular weight excluding hydrogens is 176 g/mol. The zero-order chi connectivity index (χ0) is 10.8. The van der Waals surface area contributed by atoms with Crippen LogP contribution >= 0.6 is 0 Å². The van der Waals surface area contributed by atoms with Crippen molar-refractivity contribution in [2.75, 3.05) is 13.1 Å². The smallest absolute Gasteiger partial charge is 0.226 e. The fourth-order valence-corrected chi connectivity index (χ4v) is 1.70. The minimum Gasteiger partial charge on any atom is -0.351 e. The zero-order valence-electron chi connectivity index (χ0n) is 9.74. The summed E-state index contributed by atoms with van der Waals surface area (Å²) in [6.45, 7) is 10.0. The lowest BCUT2D eigenvalue weighted by Crippen LogP contribution is -2.51. The molecule has 82 valence electrons. The van der Waals surface area contributed by atoms with Crippen LogP contribution in [0.2, 0.25) is 0 Å². The van der Waals surface area contributed by atoms with Crippen molar-refractivity contribution in [3.8, 4) is 0 Å². The number of hydrogen-bond donors (Lipinski definition) is 2. The first-order valence-corrected chi connectivity index (χ1v) is 5.37. The van der Waals surface area contributed by atoms with Gasteiger partial charge in [-0.15, -0.1) is 0 Å². The van der Waals surface area contributed by atoms with E-state index in [1.165, 1.54) is 0 Å². The van der Waals surface area contributed by atoms with E-state index in [0.29, 0.717) is 0 Å². The van der Waals surface area contributed by atoms with Gasteiger partial charge in [-0.25, -0.2) is 0 Å². The number of nitrogens with one attached hydrogen (secondary N) is 2. The molecule has 0 saturated carbocycles. The number of carbonyl (C=O) groups is 1. The summed E-state index contributed by atoms with van der Waals surface area (Å²) in [4.78, 5) is 12.0. The van der Waals surface area contributed by atoms with Gasteiger partial charge in [0.25, 0.3) is 0 Å². The van der Waals surface area contributed by atoms with Gasteiger partial charge in [0.1, 0.15) is 0 Å². The molecule has 14 heavy (non-hydrogen) atoms. The first kappa shape index (κ1) is 11.5. The quantitative estimate of drug-likeness (QED) is 0.666. The highest BCUT2D eigenvalue weighted by Gasteiger charge is 2.35. The third kappa shape index (κ3) is 2.98. The van der Waals surface area contributed by atoms with Crippen molar-refractivity contribution in [3.05, 3.63) is 0 Å². The van der Waals surface area contributed by atoms with Crippen molar-refractivity contribution < 1.29 is 4.79 Å². The van der Waals surface area contributed by atoms with E-state index in [0.717, 1.165) is 25.9 Å². The SMILES string of the molecule is CC(C)(C)NC(=O)C1(C)CCNCC1. The van der Waals surface area contributed by atoms with Crippen LogP contribution in [0.25, 0.3) is 0 Å². The molecular formula is C11H22N2O. The molecule has 0 aromatic carbocycles. The Kier molecular flexibility index (Phi) is 3.20. The van der Waals surface area contributed by atoms with E-state index in [4.69, 9.17) is 0 Å². The fourth-order valence-electron chi connectivity index (χ4n) is 1.70. The summed E-state index contributed by atoms with van der Waals surface area (Å²) in [5.41, 5.74) is -0.288. The van der Waals surface area contributed by atoms with Gasteiger partial charge >= 0.3 is 0 Å². The fraction of sp³-hybridized carbons (Fsp3) is 0.909. The molecule has 0 aromatic heterocycles. The summed E-state index contributed by atoms with van der Waals surface area (Å²) in [7, 11) is 0. The largest absolute Gasteiger partial charge is 0.351 e. The van der Waals surface area contributed by atoms with Crippen molar-refractivity contribution in [2.24, 2.45) is 5.41 Å². The van der Waals surface area contributed by atoms with Crippen LogP contribution in [-0.2, 0) is 4.79 Å². The Bertz CT molecular complexity index is 212. The number of rotatable bonds is 1. The lowest BCUT2D eigenvalue weighted by Gasteiger charge is -2.35. The van der Waals surface area contributed by atoms with E-state index < -0.39 is 0 Å². The Morgan fingerprint density at radius 2 is 1.79 bits per heavy atom. The molecule has 0 spiro atoms. The lowest BCUT2D eigenvalue weighted by molar-refractivity contribution is -0.133. The lowest BCUT2D eigenvalue weighted by atomic mass is 9.79. The Labute approximate surface area is 86.6 Å². The standard InChI is InChI=1S/C11H22N2O/c1-10(2,3)13-9(14)11(4)5-7-12-8-6-11/h12H,5-8H2,1-4H3,(H,13,14). The first-order valence-electron chi connectivity index (χ1n) is 5.37. The normalized spacial score (nSPS) is 21.7. The molecule has 0 aliphatic carbocycles. The van der Waals surface area contributed by atoms with Crippen LogP contribution in [0.3, 0.4) is 0 Å². The minimum absolute atomic E-state index is 0.120. The first-order chi connectivity index (χ1) is 6.33. The Hall–Kier alpha value is -0.570. The van der Waals surface area contributed by atoms with Gasteiger partial charge in [0, 0.05) is 11.0 Å². The molecule has 0 atom stereocenters. The highest BCUT2D eigenvalue weighted by molar-refractivity contribution is 5.82. The van der Waals surface area contributed by atoms with Crippen LogP contribution in [0, 0.1) is 5.41 Å². The topological polar surface area (TPSA) is 41.1 Å². The molecule has 1 aliphatic heterocycles. The molecule has 3 heteroatoms. The highest BCUT2D eigenvalue weighted by Crippen LogP contribution is 2.28. The third-order valence-electron chi connectivity index (χ3n) is 2.74. The van der Waals surface area contributed by atoms with E-state index in [1.54, 1.807) is 0 Å². The number of hydrogen-bond acceptors (Lipinski definition) is 2. The molecule has 1 heterocycles. The average molecular weight is 198 g/mol. The molecule has 0 aromatic rings. The van der Waals surface area contributed by atoms with E-state index >= 15 is 0 Å². The highest BCUT2D eigenvalue weighted by atomic mass is 16.2. The average Bonchev–Trinajstić information content (AvgIpc) is 2.02. The van der Waals surface area contributed by atoms with Gasteiger partial charge in [0.15, 0.2) is 0 Å². The molecule has 2 N–H and O–H groups in total. The number of amides is 1. The van der Waals surface area contributed by atoms with E-state index in [1.807, 2.05) is 20.8 Å². The summed E-state index contributed by atoms with van der Waals surface area (Å²) in [5.74, 6) is 0.200. The Balaban J connectivity index is 2.58. The molecule has 0 radical (unpaired) electrons. The summed E-state index contributed by atoms with van der Waals surface area (Å²) < 4.78 is 0. The molecule has 1 amide bonds. The second-order valence-electron chi connectivity index (χ2n) is 5.51. The number of piperidine rings is 1. The zero-order valence-corrected chi connectivity index (χ0v) is 9.74. The molecule has 1 aliphatic rings. The van der Waals surface area contributed by atoms with Crippen molar-refractivity contribution >= 4 is 5.91 Å². The van der Waals surface area contributed by atoms with Crippen LogP contribution in [0.4, 0.5) is 0 Å². The number of carbonyl (C=O) groups excluding carboxylic acids is 1. The van der Waals surface area contributed by atoms with Crippen molar-refractivity contribution in [1.29, 1.82) is 0 Å².